The molecule has 2 aliphatic rings. The molecule has 4 atom stereocenters. The summed E-state index contributed by atoms with van der Waals surface area (Å²) in [6.45, 7) is 3.70. The Hall–Kier alpha value is -1.69. The third-order valence-electron chi connectivity index (χ3n) is 6.60. The highest BCUT2D eigenvalue weighted by Crippen LogP contribution is 2.57. The van der Waals surface area contributed by atoms with Gasteiger partial charge < -0.3 is 4.74 Å². The molecule has 0 N–H and O–H groups in total. The highest BCUT2D eigenvalue weighted by Gasteiger charge is 2.61. The van der Waals surface area contributed by atoms with Gasteiger partial charge in [0.15, 0.2) is 15.6 Å². The van der Waals surface area contributed by atoms with Crippen LogP contribution in [0.15, 0.2) is 35.2 Å². The quantitative estimate of drug-likeness (QED) is 0.755. The van der Waals surface area contributed by atoms with Crippen LogP contribution < -0.4 is 0 Å². The Kier molecular flexibility index (Phi) is 4.76. The van der Waals surface area contributed by atoms with Gasteiger partial charge in [0.25, 0.3) is 0 Å². The van der Waals surface area contributed by atoms with Crippen LogP contribution in [-0.2, 0) is 24.2 Å². The molecule has 0 amide bonds. The lowest BCUT2D eigenvalue weighted by Gasteiger charge is -2.53. The third-order valence-corrected chi connectivity index (χ3v) is 8.73. The maximum Gasteiger partial charge on any atom is 0.311 e. The first-order valence-electron chi connectivity index (χ1n) is 9.09. The largest absolute Gasteiger partial charge is 0.469 e. The third kappa shape index (κ3) is 2.70. The first-order valence-corrected chi connectivity index (χ1v) is 10.6. The maximum atomic E-state index is 13.4. The van der Waals surface area contributed by atoms with Gasteiger partial charge in [-0.15, -0.1) is 0 Å². The average molecular weight is 378 g/mol. The van der Waals surface area contributed by atoms with Crippen LogP contribution in [0.1, 0.15) is 46.0 Å². The Morgan fingerprint density at radius 2 is 1.77 bits per heavy atom. The van der Waals surface area contributed by atoms with Crippen molar-refractivity contribution in [3.63, 3.8) is 0 Å². The normalized spacial score (nSPS) is 34.8. The number of hydrogen-bond acceptors (Lipinski definition) is 5. The lowest BCUT2D eigenvalue weighted by atomic mass is 9.50. The number of Topliss-reactive ketones (excluding diaryl/α,β-unsaturated/α-hetero) is 1. The first-order chi connectivity index (χ1) is 12.2. The smallest absolute Gasteiger partial charge is 0.311 e. The number of hydrogen-bond donors (Lipinski definition) is 0. The van der Waals surface area contributed by atoms with E-state index in [1.807, 2.05) is 13.8 Å². The van der Waals surface area contributed by atoms with Crippen LogP contribution in [0.25, 0.3) is 0 Å². The second-order valence-corrected chi connectivity index (χ2v) is 10.2. The summed E-state index contributed by atoms with van der Waals surface area (Å²) in [6.07, 6.45) is 2.78. The van der Waals surface area contributed by atoms with Crippen LogP contribution in [0, 0.1) is 16.7 Å². The molecule has 2 aliphatic carbocycles. The summed E-state index contributed by atoms with van der Waals surface area (Å²) < 4.78 is 31.1. The van der Waals surface area contributed by atoms with E-state index in [1.54, 1.807) is 18.2 Å². The molecule has 0 unspecified atom stereocenters. The van der Waals surface area contributed by atoms with Gasteiger partial charge in [0.1, 0.15) is 5.25 Å². The topological polar surface area (TPSA) is 77.5 Å². The standard InChI is InChI=1S/C20H26O5S/c1-19-12-7-13-20(2,18(22)25-3)16(19)11-10-15(17(19)21)26(23,24)14-8-5-4-6-9-14/h4-6,8-9,15-16H,7,10-13H2,1-3H3/t15-,16+,19-,20-/m1/s1. The second kappa shape index (κ2) is 6.48. The highest BCUT2D eigenvalue weighted by atomic mass is 32.2. The number of esters is 1. The maximum absolute atomic E-state index is 13.4. The van der Waals surface area contributed by atoms with Crippen molar-refractivity contribution in [2.24, 2.45) is 16.7 Å². The minimum Gasteiger partial charge on any atom is -0.469 e. The zero-order chi connectivity index (χ0) is 19.2. The molecule has 0 aromatic heterocycles. The van der Waals surface area contributed by atoms with Crippen molar-refractivity contribution in [1.29, 1.82) is 0 Å². The van der Waals surface area contributed by atoms with E-state index < -0.39 is 25.9 Å². The van der Waals surface area contributed by atoms with Crippen molar-refractivity contribution >= 4 is 21.6 Å². The van der Waals surface area contributed by atoms with Gasteiger partial charge in [-0.1, -0.05) is 31.5 Å². The number of benzene rings is 1. The Morgan fingerprint density at radius 3 is 2.38 bits per heavy atom. The molecular formula is C20H26O5S. The molecule has 3 rings (SSSR count). The zero-order valence-electron chi connectivity index (χ0n) is 15.5. The lowest BCUT2D eigenvalue weighted by Crippen LogP contribution is -2.58. The van der Waals surface area contributed by atoms with Crippen molar-refractivity contribution in [3.8, 4) is 0 Å². The molecule has 0 spiro atoms. The zero-order valence-corrected chi connectivity index (χ0v) is 16.3. The molecule has 1 aromatic rings. The summed E-state index contributed by atoms with van der Waals surface area (Å²) in [7, 11) is -2.36. The molecule has 2 fully saturated rings. The SMILES string of the molecule is COC(=O)[C@]1(C)CCC[C@@]2(C)C(=O)[C@H](S(=O)(=O)c3ccccc3)CC[C@H]12. The number of fused-ring (bicyclic) bond motifs is 1. The van der Waals surface area contributed by atoms with Gasteiger partial charge in [0.2, 0.25) is 0 Å². The van der Waals surface area contributed by atoms with Gasteiger partial charge in [-0.3, -0.25) is 9.59 Å². The van der Waals surface area contributed by atoms with Crippen molar-refractivity contribution < 1.29 is 22.7 Å². The molecule has 0 radical (unpaired) electrons. The fourth-order valence-electron chi connectivity index (χ4n) is 5.17. The molecule has 142 valence electrons. The van der Waals surface area contributed by atoms with Crippen molar-refractivity contribution in [2.75, 3.05) is 7.11 Å². The summed E-state index contributed by atoms with van der Waals surface area (Å²) in [5, 5.41) is -1.04. The lowest BCUT2D eigenvalue weighted by molar-refractivity contribution is -0.168. The van der Waals surface area contributed by atoms with Crippen molar-refractivity contribution in [1.82, 2.24) is 0 Å². The predicted molar refractivity (Wildman–Crippen MR) is 97.2 cm³/mol. The molecule has 5 nitrogen and oxygen atoms in total. The van der Waals surface area contributed by atoms with Crippen molar-refractivity contribution in [3.05, 3.63) is 30.3 Å². The number of ether oxygens (including phenoxy) is 1. The number of methoxy groups -OCH3 is 1. The highest BCUT2D eigenvalue weighted by molar-refractivity contribution is 7.92. The van der Waals surface area contributed by atoms with Gasteiger partial charge in [-0.05, 0) is 50.7 Å². The minimum atomic E-state index is -3.73. The Morgan fingerprint density at radius 1 is 1.12 bits per heavy atom. The van der Waals surface area contributed by atoms with Crippen LogP contribution in [0.4, 0.5) is 0 Å². The molecule has 6 heteroatoms. The van der Waals surface area contributed by atoms with Gasteiger partial charge in [-0.25, -0.2) is 8.42 Å². The van der Waals surface area contributed by atoms with E-state index in [0.717, 1.165) is 0 Å². The molecule has 0 aliphatic heterocycles. The summed E-state index contributed by atoms with van der Waals surface area (Å²) in [5.41, 5.74) is -1.55. The van der Waals surface area contributed by atoms with Gasteiger partial charge in [0, 0.05) is 5.41 Å². The monoisotopic (exact) mass is 378 g/mol. The number of sulfone groups is 1. The number of carbonyl (C=O) groups is 2. The molecule has 0 bridgehead atoms. The summed E-state index contributed by atoms with van der Waals surface area (Å²) >= 11 is 0. The second-order valence-electron chi connectivity index (χ2n) is 8.02. The summed E-state index contributed by atoms with van der Waals surface area (Å²) in [6, 6.07) is 8.16. The molecule has 0 saturated heterocycles. The molecular weight excluding hydrogens is 352 g/mol. The Balaban J connectivity index is 1.99. The molecule has 0 heterocycles. The van der Waals surface area contributed by atoms with Crippen LogP contribution in [0.2, 0.25) is 0 Å². The fourth-order valence-corrected chi connectivity index (χ4v) is 7.03. The number of ketones is 1. The van der Waals surface area contributed by atoms with Crippen LogP contribution >= 0.6 is 0 Å². The number of carbonyl (C=O) groups excluding carboxylic acids is 2. The van der Waals surface area contributed by atoms with E-state index in [2.05, 4.69) is 0 Å². The van der Waals surface area contributed by atoms with Crippen LogP contribution in [0.3, 0.4) is 0 Å². The van der Waals surface area contributed by atoms with Crippen molar-refractivity contribution in [2.45, 2.75) is 56.1 Å². The van der Waals surface area contributed by atoms with E-state index in [4.69, 9.17) is 4.74 Å². The van der Waals surface area contributed by atoms with Gasteiger partial charge >= 0.3 is 5.97 Å². The molecule has 1 aromatic carbocycles. The van der Waals surface area contributed by atoms with E-state index in [9.17, 15) is 18.0 Å². The number of rotatable bonds is 3. The summed E-state index contributed by atoms with van der Waals surface area (Å²) in [4.78, 5) is 26.0. The Labute approximate surface area is 155 Å². The molecule has 26 heavy (non-hydrogen) atoms. The predicted octanol–water partition coefficient (Wildman–Crippen LogP) is 3.18. The fraction of sp³-hybridized carbons (Fsp3) is 0.600. The summed E-state index contributed by atoms with van der Waals surface area (Å²) in [5.74, 6) is -0.732. The average Bonchev–Trinajstić information content (AvgIpc) is 2.63. The van der Waals surface area contributed by atoms with E-state index >= 15 is 0 Å². The van der Waals surface area contributed by atoms with E-state index in [0.29, 0.717) is 25.7 Å². The minimum absolute atomic E-state index is 0.187. The van der Waals surface area contributed by atoms with Crippen LogP contribution in [-0.4, -0.2) is 32.5 Å². The van der Waals surface area contributed by atoms with E-state index in [1.165, 1.54) is 19.2 Å². The Bertz CT molecular complexity index is 816. The van der Waals surface area contributed by atoms with E-state index in [-0.39, 0.29) is 29.0 Å². The van der Waals surface area contributed by atoms with Gasteiger partial charge in [0.05, 0.1) is 17.4 Å². The van der Waals surface area contributed by atoms with Gasteiger partial charge in [-0.2, -0.15) is 0 Å². The molecule has 2 saturated carbocycles. The van der Waals surface area contributed by atoms with Crippen LogP contribution in [0.5, 0.6) is 0 Å². The first kappa shape index (κ1) is 19.1.